The largest absolute Gasteiger partial charge is 0.506 e. The first-order valence-electron chi connectivity index (χ1n) is 4.87. The van der Waals surface area contributed by atoms with Crippen LogP contribution in [0, 0.1) is 0 Å². The number of rotatable bonds is 5. The Balaban J connectivity index is 2.45. The molecule has 0 aliphatic heterocycles. The van der Waals surface area contributed by atoms with E-state index in [-0.39, 0.29) is 11.5 Å². The van der Waals surface area contributed by atoms with Crippen LogP contribution in [0.4, 0.5) is 0 Å². The molecule has 1 rings (SSSR count). The average molecular weight is 244 g/mol. The minimum Gasteiger partial charge on any atom is -0.506 e. The van der Waals surface area contributed by atoms with E-state index in [0.29, 0.717) is 13.1 Å². The van der Waals surface area contributed by atoms with E-state index in [1.54, 1.807) is 12.1 Å². The van der Waals surface area contributed by atoms with E-state index in [9.17, 15) is 8.42 Å². The highest BCUT2D eigenvalue weighted by Gasteiger charge is 2.06. The predicted molar refractivity (Wildman–Crippen MR) is 61.9 cm³/mol. The van der Waals surface area contributed by atoms with Crippen LogP contribution >= 0.6 is 0 Å². The molecule has 0 aliphatic rings. The van der Waals surface area contributed by atoms with E-state index in [4.69, 9.17) is 5.11 Å². The van der Waals surface area contributed by atoms with Crippen LogP contribution in [0.3, 0.4) is 0 Å². The third kappa shape index (κ3) is 5.09. The van der Waals surface area contributed by atoms with Gasteiger partial charge in [-0.2, -0.15) is 0 Å². The zero-order valence-corrected chi connectivity index (χ0v) is 10.2. The molecule has 0 fully saturated rings. The van der Waals surface area contributed by atoms with Crippen LogP contribution in [0.25, 0.3) is 0 Å². The number of nitrogens with zero attached hydrogens (tertiary/aromatic N) is 2. The van der Waals surface area contributed by atoms with Gasteiger partial charge in [0.1, 0.15) is 15.6 Å². The summed E-state index contributed by atoms with van der Waals surface area (Å²) in [4.78, 5) is 5.90. The Morgan fingerprint density at radius 3 is 2.62 bits per heavy atom. The fourth-order valence-corrected chi connectivity index (χ4v) is 1.83. The van der Waals surface area contributed by atoms with Crippen LogP contribution in [0.1, 0.15) is 5.69 Å². The zero-order chi connectivity index (χ0) is 12.2. The molecule has 0 atom stereocenters. The van der Waals surface area contributed by atoms with Crippen LogP contribution in [0.5, 0.6) is 5.75 Å². The first kappa shape index (κ1) is 12.9. The molecule has 1 aromatic heterocycles. The number of aromatic hydroxyl groups is 1. The van der Waals surface area contributed by atoms with Crippen LogP contribution in [0.2, 0.25) is 0 Å². The normalized spacial score (nSPS) is 11.9. The molecule has 0 aromatic carbocycles. The van der Waals surface area contributed by atoms with Crippen molar-refractivity contribution in [3.8, 4) is 5.75 Å². The molecule has 0 unspecified atom stereocenters. The van der Waals surface area contributed by atoms with E-state index in [0.717, 1.165) is 5.69 Å². The van der Waals surface area contributed by atoms with Gasteiger partial charge in [0.05, 0.1) is 17.6 Å². The monoisotopic (exact) mass is 244 g/mol. The lowest BCUT2D eigenvalue weighted by Crippen LogP contribution is -2.25. The molecule has 0 radical (unpaired) electrons. The lowest BCUT2D eigenvalue weighted by atomic mass is 10.3. The second-order valence-electron chi connectivity index (χ2n) is 3.88. The van der Waals surface area contributed by atoms with Gasteiger partial charge in [-0.05, 0) is 19.2 Å². The van der Waals surface area contributed by atoms with Crippen molar-refractivity contribution in [1.29, 1.82) is 0 Å². The van der Waals surface area contributed by atoms with E-state index < -0.39 is 9.84 Å². The lowest BCUT2D eigenvalue weighted by Gasteiger charge is -2.15. The Kier molecular flexibility index (Phi) is 4.26. The SMILES string of the molecule is CN(CCS(C)(=O)=O)Cc1ccc(O)cn1. The highest BCUT2D eigenvalue weighted by molar-refractivity contribution is 7.90. The Morgan fingerprint density at radius 2 is 2.12 bits per heavy atom. The Bertz CT molecular complexity index is 428. The fourth-order valence-electron chi connectivity index (χ4n) is 1.19. The maximum Gasteiger partial charge on any atom is 0.148 e. The summed E-state index contributed by atoms with van der Waals surface area (Å²) in [5.74, 6) is 0.268. The topological polar surface area (TPSA) is 70.5 Å². The minimum absolute atomic E-state index is 0.127. The fraction of sp³-hybridized carbons (Fsp3) is 0.500. The zero-order valence-electron chi connectivity index (χ0n) is 9.42. The van der Waals surface area contributed by atoms with E-state index in [1.807, 2.05) is 11.9 Å². The molecule has 16 heavy (non-hydrogen) atoms. The van der Waals surface area contributed by atoms with Crippen molar-refractivity contribution in [2.45, 2.75) is 6.54 Å². The summed E-state index contributed by atoms with van der Waals surface area (Å²) in [5, 5.41) is 9.05. The molecule has 0 spiro atoms. The van der Waals surface area contributed by atoms with Gasteiger partial charge in [-0.1, -0.05) is 0 Å². The van der Waals surface area contributed by atoms with Gasteiger partial charge in [-0.15, -0.1) is 0 Å². The number of pyridine rings is 1. The third-order valence-electron chi connectivity index (χ3n) is 2.08. The van der Waals surface area contributed by atoms with Crippen LogP contribution < -0.4 is 0 Å². The summed E-state index contributed by atoms with van der Waals surface area (Å²) in [5.41, 5.74) is 0.800. The van der Waals surface area contributed by atoms with Gasteiger partial charge < -0.3 is 5.11 Å². The Labute approximate surface area is 95.7 Å². The van der Waals surface area contributed by atoms with Crippen molar-refractivity contribution in [1.82, 2.24) is 9.88 Å². The first-order chi connectivity index (χ1) is 7.37. The maximum absolute atomic E-state index is 11.0. The van der Waals surface area contributed by atoms with Crippen LogP contribution in [-0.4, -0.2) is 49.0 Å². The lowest BCUT2D eigenvalue weighted by molar-refractivity contribution is 0.341. The van der Waals surface area contributed by atoms with Gasteiger partial charge in [0.15, 0.2) is 0 Å². The maximum atomic E-state index is 11.0. The molecule has 1 aromatic rings. The molecule has 0 amide bonds. The van der Waals surface area contributed by atoms with Gasteiger partial charge >= 0.3 is 0 Å². The highest BCUT2D eigenvalue weighted by atomic mass is 32.2. The Morgan fingerprint density at radius 1 is 1.44 bits per heavy atom. The van der Waals surface area contributed by atoms with Gasteiger partial charge in [-0.25, -0.2) is 8.42 Å². The molecular formula is C10H16N2O3S. The van der Waals surface area contributed by atoms with Crippen molar-refractivity contribution in [2.24, 2.45) is 0 Å². The number of sulfone groups is 1. The van der Waals surface area contributed by atoms with Gasteiger partial charge in [0.2, 0.25) is 0 Å². The smallest absolute Gasteiger partial charge is 0.148 e. The first-order valence-corrected chi connectivity index (χ1v) is 6.93. The highest BCUT2D eigenvalue weighted by Crippen LogP contribution is 2.07. The molecule has 0 aliphatic carbocycles. The van der Waals surface area contributed by atoms with E-state index in [1.165, 1.54) is 12.5 Å². The third-order valence-corrected chi connectivity index (χ3v) is 3.01. The van der Waals surface area contributed by atoms with Crippen LogP contribution in [0.15, 0.2) is 18.3 Å². The van der Waals surface area contributed by atoms with E-state index >= 15 is 0 Å². The average Bonchev–Trinajstić information content (AvgIpc) is 2.18. The van der Waals surface area contributed by atoms with Crippen molar-refractivity contribution in [3.63, 3.8) is 0 Å². The van der Waals surface area contributed by atoms with Crippen molar-refractivity contribution >= 4 is 9.84 Å². The molecule has 1 N–H and O–H groups in total. The molecule has 6 heteroatoms. The summed E-state index contributed by atoms with van der Waals surface area (Å²) in [6.07, 6.45) is 2.60. The molecule has 90 valence electrons. The predicted octanol–water partition coefficient (Wildman–Crippen LogP) is 0.264. The summed E-state index contributed by atoms with van der Waals surface area (Å²) in [6.45, 7) is 1.04. The summed E-state index contributed by atoms with van der Waals surface area (Å²) in [6, 6.07) is 3.28. The van der Waals surface area contributed by atoms with Crippen molar-refractivity contribution < 1.29 is 13.5 Å². The summed E-state index contributed by atoms with van der Waals surface area (Å²) in [7, 11) is -1.09. The van der Waals surface area contributed by atoms with Crippen LogP contribution in [-0.2, 0) is 16.4 Å². The molecular weight excluding hydrogens is 228 g/mol. The number of aromatic nitrogens is 1. The molecule has 1 heterocycles. The Hall–Kier alpha value is -1.14. The standard InChI is InChI=1S/C10H16N2O3S/c1-12(5-6-16(2,14)15)8-9-3-4-10(13)7-11-9/h3-4,7,13H,5-6,8H2,1-2H3. The van der Waals surface area contributed by atoms with Gasteiger partial charge in [-0.3, -0.25) is 9.88 Å². The van der Waals surface area contributed by atoms with Gasteiger partial charge in [0, 0.05) is 19.3 Å². The quantitative estimate of drug-likeness (QED) is 0.804. The second-order valence-corrected chi connectivity index (χ2v) is 6.14. The van der Waals surface area contributed by atoms with Crippen molar-refractivity contribution in [3.05, 3.63) is 24.0 Å². The molecule has 0 bridgehead atoms. The number of hydrogen-bond acceptors (Lipinski definition) is 5. The summed E-state index contributed by atoms with van der Waals surface area (Å²) < 4.78 is 21.9. The molecule has 0 saturated carbocycles. The van der Waals surface area contributed by atoms with E-state index in [2.05, 4.69) is 4.98 Å². The molecule has 5 nitrogen and oxygen atoms in total. The molecule has 0 saturated heterocycles. The minimum atomic E-state index is -2.92. The van der Waals surface area contributed by atoms with Gasteiger partial charge in [0.25, 0.3) is 0 Å². The van der Waals surface area contributed by atoms with Crippen molar-refractivity contribution in [2.75, 3.05) is 25.6 Å². The second kappa shape index (κ2) is 5.27. The number of hydrogen-bond donors (Lipinski definition) is 1. The summed E-state index contributed by atoms with van der Waals surface area (Å²) >= 11 is 0.